The van der Waals surface area contributed by atoms with Gasteiger partial charge in [0.05, 0.1) is 0 Å². The maximum Gasteiger partial charge on any atom is -0.00266 e. The molecule has 7 aromatic rings. The predicted molar refractivity (Wildman–Crippen MR) is 149 cm³/mol. The molecule has 0 radical (unpaired) electrons. The predicted octanol–water partition coefficient (Wildman–Crippen LogP) is 9.62. The lowest BCUT2D eigenvalue weighted by atomic mass is 9.95. The van der Waals surface area contributed by atoms with Crippen LogP contribution in [-0.2, 0) is 0 Å². The second-order valence-corrected chi connectivity index (χ2v) is 9.03. The maximum absolute atomic E-state index is 2.33. The quantitative estimate of drug-likeness (QED) is 0.189. The monoisotopic (exact) mass is 430 g/mol. The molecule has 0 heteroatoms. The molecule has 0 amide bonds. The molecule has 0 saturated heterocycles. The smallest absolute Gasteiger partial charge is 0.00266 e. The largest absolute Gasteiger partial charge is 0.0616 e. The van der Waals surface area contributed by atoms with Crippen LogP contribution in [0.15, 0.2) is 121 Å². The molecular formula is C34H22. The van der Waals surface area contributed by atoms with Gasteiger partial charge in [-0.2, -0.15) is 0 Å². The van der Waals surface area contributed by atoms with E-state index in [9.17, 15) is 0 Å². The van der Waals surface area contributed by atoms with Crippen molar-refractivity contribution < 1.29 is 0 Å². The topological polar surface area (TPSA) is 0 Å². The first-order valence-corrected chi connectivity index (χ1v) is 11.8. The van der Waals surface area contributed by atoms with Gasteiger partial charge in [0.1, 0.15) is 0 Å². The first-order chi connectivity index (χ1) is 16.8. The molecule has 0 atom stereocenters. The van der Waals surface area contributed by atoms with Crippen molar-refractivity contribution in [1.29, 1.82) is 0 Å². The summed E-state index contributed by atoms with van der Waals surface area (Å²) < 4.78 is 0. The molecule has 0 aliphatic carbocycles. The average Bonchev–Trinajstić information content (AvgIpc) is 2.91. The lowest BCUT2D eigenvalue weighted by Gasteiger charge is -2.09. The van der Waals surface area contributed by atoms with Gasteiger partial charge in [0.25, 0.3) is 0 Å². The molecule has 158 valence electrons. The molecule has 7 aromatic carbocycles. The minimum atomic E-state index is 1.21. The average molecular weight is 431 g/mol. The molecule has 0 aliphatic rings. The second kappa shape index (κ2) is 7.57. The summed E-state index contributed by atoms with van der Waals surface area (Å²) in [5, 5.41) is 13.0. The van der Waals surface area contributed by atoms with Crippen molar-refractivity contribution in [1.82, 2.24) is 0 Å². The molecule has 0 aromatic heterocycles. The van der Waals surface area contributed by atoms with Crippen LogP contribution >= 0.6 is 0 Å². The van der Waals surface area contributed by atoms with E-state index in [4.69, 9.17) is 0 Å². The van der Waals surface area contributed by atoms with E-state index in [-0.39, 0.29) is 0 Å². The van der Waals surface area contributed by atoms with E-state index in [1.807, 2.05) is 0 Å². The number of rotatable bonds is 2. The summed E-state index contributed by atoms with van der Waals surface area (Å²) in [7, 11) is 0. The lowest BCUT2D eigenvalue weighted by molar-refractivity contribution is 1.71. The Morgan fingerprint density at radius 3 is 1.44 bits per heavy atom. The molecule has 0 nitrogen and oxygen atoms in total. The number of hydrogen-bond donors (Lipinski definition) is 0. The van der Waals surface area contributed by atoms with Gasteiger partial charge in [0.15, 0.2) is 0 Å². The van der Waals surface area contributed by atoms with E-state index in [0.29, 0.717) is 0 Å². The molecule has 0 unspecified atom stereocenters. The van der Waals surface area contributed by atoms with Crippen LogP contribution in [0.4, 0.5) is 0 Å². The highest BCUT2D eigenvalue weighted by Gasteiger charge is 2.06. The van der Waals surface area contributed by atoms with Crippen LogP contribution < -0.4 is 0 Å². The van der Waals surface area contributed by atoms with Gasteiger partial charge in [-0.15, -0.1) is 0 Å². The third-order valence-electron chi connectivity index (χ3n) is 6.99. The Morgan fingerprint density at radius 2 is 0.765 bits per heavy atom. The Morgan fingerprint density at radius 1 is 0.324 bits per heavy atom. The Bertz CT molecular complexity index is 1900. The first-order valence-electron chi connectivity index (χ1n) is 11.8. The van der Waals surface area contributed by atoms with E-state index in [1.54, 1.807) is 0 Å². The van der Waals surface area contributed by atoms with Gasteiger partial charge < -0.3 is 0 Å². The summed E-state index contributed by atoms with van der Waals surface area (Å²) >= 11 is 0. The van der Waals surface area contributed by atoms with Gasteiger partial charge in [0.2, 0.25) is 0 Å². The lowest BCUT2D eigenvalue weighted by Crippen LogP contribution is -1.83. The fraction of sp³-hybridized carbons (Fsp3) is 0. The summed E-state index contributed by atoms with van der Waals surface area (Å²) in [5.41, 5.74) is 2.43. The zero-order valence-corrected chi connectivity index (χ0v) is 18.7. The summed E-state index contributed by atoms with van der Waals surface area (Å²) in [6.45, 7) is 0. The Labute approximate surface area is 198 Å². The van der Waals surface area contributed by atoms with Crippen molar-refractivity contribution in [2.75, 3.05) is 0 Å². The van der Waals surface area contributed by atoms with Crippen LogP contribution in [0.3, 0.4) is 0 Å². The van der Waals surface area contributed by atoms with Crippen molar-refractivity contribution in [3.8, 4) is 0 Å². The van der Waals surface area contributed by atoms with Crippen molar-refractivity contribution >= 4 is 66.0 Å². The SMILES string of the molecule is C(=C\c1ccc2ccc3ccc4ccccc4c3c2c1)/c1ccc2ccc3ccccc3c2c1. The summed E-state index contributed by atoms with van der Waals surface area (Å²) in [6.07, 6.45) is 4.46. The van der Waals surface area contributed by atoms with Gasteiger partial charge in [-0.1, -0.05) is 121 Å². The van der Waals surface area contributed by atoms with Crippen LogP contribution in [0, 0.1) is 0 Å². The molecule has 7 rings (SSSR count). The molecule has 0 spiro atoms. The van der Waals surface area contributed by atoms with Gasteiger partial charge >= 0.3 is 0 Å². The normalized spacial score (nSPS) is 12.0. The van der Waals surface area contributed by atoms with Crippen LogP contribution in [0.5, 0.6) is 0 Å². The fourth-order valence-corrected chi connectivity index (χ4v) is 5.26. The van der Waals surface area contributed by atoms with Crippen LogP contribution in [0.1, 0.15) is 11.1 Å². The minimum absolute atomic E-state index is 1.21. The highest BCUT2D eigenvalue weighted by molar-refractivity contribution is 6.20. The Kier molecular flexibility index (Phi) is 4.25. The van der Waals surface area contributed by atoms with Crippen molar-refractivity contribution in [2.24, 2.45) is 0 Å². The van der Waals surface area contributed by atoms with Gasteiger partial charge in [-0.05, 0) is 77.1 Å². The van der Waals surface area contributed by atoms with Gasteiger partial charge in [-0.25, -0.2) is 0 Å². The summed E-state index contributed by atoms with van der Waals surface area (Å²) in [6, 6.07) is 44.1. The number of hydrogen-bond acceptors (Lipinski definition) is 0. The molecule has 0 fully saturated rings. The molecule has 0 saturated carbocycles. The van der Waals surface area contributed by atoms with Crippen LogP contribution in [0.2, 0.25) is 0 Å². The first kappa shape index (κ1) is 19.1. The summed E-state index contributed by atoms with van der Waals surface area (Å²) in [5.74, 6) is 0. The van der Waals surface area contributed by atoms with Crippen LogP contribution in [-0.4, -0.2) is 0 Å². The van der Waals surface area contributed by atoms with Gasteiger partial charge in [-0.3, -0.25) is 0 Å². The van der Waals surface area contributed by atoms with Crippen LogP contribution in [0.25, 0.3) is 66.0 Å². The molecule has 0 N–H and O–H groups in total. The molecule has 0 aliphatic heterocycles. The number of fused-ring (bicyclic) bond motifs is 8. The van der Waals surface area contributed by atoms with E-state index in [0.717, 1.165) is 0 Å². The number of benzene rings is 7. The van der Waals surface area contributed by atoms with Crippen molar-refractivity contribution in [3.05, 3.63) is 132 Å². The van der Waals surface area contributed by atoms with Crippen molar-refractivity contribution in [2.45, 2.75) is 0 Å². The standard InChI is InChI=1S/C34H22/c1-3-7-30-25(5-1)15-16-27-13-11-23(21-32(27)30)9-10-24-12-14-28-18-20-29-19-17-26-6-2-4-8-31(26)34(29)33(28)22-24/h1-22H/b10-9+. The second-order valence-electron chi connectivity index (χ2n) is 9.03. The highest BCUT2D eigenvalue weighted by Crippen LogP contribution is 2.33. The Balaban J connectivity index is 1.37. The molecular weight excluding hydrogens is 408 g/mol. The third kappa shape index (κ3) is 3.08. The maximum atomic E-state index is 2.33. The molecule has 0 heterocycles. The Hall–Kier alpha value is -4.42. The van der Waals surface area contributed by atoms with E-state index in [2.05, 4.69) is 133 Å². The van der Waals surface area contributed by atoms with Crippen molar-refractivity contribution in [3.63, 3.8) is 0 Å². The molecule has 0 bridgehead atoms. The van der Waals surface area contributed by atoms with E-state index in [1.165, 1.54) is 65.0 Å². The van der Waals surface area contributed by atoms with E-state index < -0.39 is 0 Å². The van der Waals surface area contributed by atoms with Gasteiger partial charge in [0, 0.05) is 0 Å². The fourth-order valence-electron chi connectivity index (χ4n) is 5.26. The zero-order valence-electron chi connectivity index (χ0n) is 18.7. The van der Waals surface area contributed by atoms with E-state index >= 15 is 0 Å². The minimum Gasteiger partial charge on any atom is -0.0616 e. The summed E-state index contributed by atoms with van der Waals surface area (Å²) in [4.78, 5) is 0. The molecule has 34 heavy (non-hydrogen) atoms. The third-order valence-corrected chi connectivity index (χ3v) is 6.99. The highest BCUT2D eigenvalue weighted by atomic mass is 14.1. The zero-order chi connectivity index (χ0) is 22.5.